The number of nitrogens with zero attached hydrogens (tertiary/aromatic N) is 1. The number of rotatable bonds is 2. The van der Waals surface area contributed by atoms with E-state index in [0.29, 0.717) is 0 Å². The van der Waals surface area contributed by atoms with Gasteiger partial charge in [0, 0.05) is 17.3 Å². The van der Waals surface area contributed by atoms with Gasteiger partial charge in [-0.3, -0.25) is 4.90 Å². The number of fused-ring (bicyclic) bond motifs is 1. The van der Waals surface area contributed by atoms with Crippen LogP contribution in [0, 0.1) is 0 Å². The van der Waals surface area contributed by atoms with Crippen molar-refractivity contribution >= 4 is 23.1 Å². The summed E-state index contributed by atoms with van der Waals surface area (Å²) in [6, 6.07) is 12.4. The summed E-state index contributed by atoms with van der Waals surface area (Å²) >= 11 is 1.73. The zero-order valence-corrected chi connectivity index (χ0v) is 11.5. The fraction of sp³-hybridized carbons (Fsp3) is 0.267. The molecule has 2 aromatic rings. The topological polar surface area (TPSA) is 29.5 Å². The molecule has 1 atom stereocenters. The normalized spacial score (nSPS) is 17.3. The molecule has 98 valence electrons. The molecular weight excluding hydrogens is 258 g/mol. The third-order valence-corrected chi connectivity index (χ3v) is 4.36. The third kappa shape index (κ3) is 2.24. The number of carbonyl (C=O) groups excluding carboxylic acids is 1. The Morgan fingerprint density at radius 1 is 1.37 bits per heavy atom. The van der Waals surface area contributed by atoms with E-state index in [2.05, 4.69) is 17.5 Å². The van der Waals surface area contributed by atoms with Gasteiger partial charge in [-0.1, -0.05) is 24.3 Å². The van der Waals surface area contributed by atoms with Gasteiger partial charge in [-0.2, -0.15) is 0 Å². The fourth-order valence-corrected chi connectivity index (χ4v) is 3.41. The molecule has 0 aliphatic carbocycles. The van der Waals surface area contributed by atoms with Crippen LogP contribution in [-0.4, -0.2) is 19.2 Å². The molecule has 1 aromatic heterocycles. The Kier molecular flexibility index (Phi) is 3.25. The minimum atomic E-state index is -0.272. The quantitative estimate of drug-likeness (QED) is 0.838. The first-order valence-electron chi connectivity index (χ1n) is 6.27. The van der Waals surface area contributed by atoms with Crippen molar-refractivity contribution in [1.82, 2.24) is 0 Å². The first kappa shape index (κ1) is 12.2. The van der Waals surface area contributed by atoms with Crippen molar-refractivity contribution < 1.29 is 9.53 Å². The van der Waals surface area contributed by atoms with Gasteiger partial charge in [0.25, 0.3) is 0 Å². The van der Waals surface area contributed by atoms with Gasteiger partial charge in [-0.05, 0) is 29.5 Å². The molecule has 4 heteroatoms. The number of ether oxygens (including phenoxy) is 1. The van der Waals surface area contributed by atoms with Crippen LogP contribution in [0.4, 0.5) is 10.5 Å². The Bertz CT molecular complexity index is 578. The van der Waals surface area contributed by atoms with Crippen molar-refractivity contribution in [2.24, 2.45) is 0 Å². The summed E-state index contributed by atoms with van der Waals surface area (Å²) in [5.74, 6) is 0. The Morgan fingerprint density at radius 2 is 2.21 bits per heavy atom. The third-order valence-electron chi connectivity index (χ3n) is 3.46. The number of benzene rings is 1. The molecule has 0 radical (unpaired) electrons. The van der Waals surface area contributed by atoms with Gasteiger partial charge in [-0.25, -0.2) is 4.79 Å². The predicted octanol–water partition coefficient (Wildman–Crippen LogP) is 3.49. The van der Waals surface area contributed by atoms with Gasteiger partial charge < -0.3 is 4.74 Å². The number of anilines is 1. The highest BCUT2D eigenvalue weighted by molar-refractivity contribution is 7.09. The van der Waals surface area contributed by atoms with Gasteiger partial charge in [0.05, 0.1) is 12.8 Å². The van der Waals surface area contributed by atoms with Crippen LogP contribution in [0.25, 0.3) is 0 Å². The maximum absolute atomic E-state index is 12.0. The van der Waals surface area contributed by atoms with Crippen molar-refractivity contribution in [3.05, 3.63) is 52.2 Å². The number of amides is 1. The second kappa shape index (κ2) is 5.05. The lowest BCUT2D eigenvalue weighted by atomic mass is 10.1. The van der Waals surface area contributed by atoms with Crippen LogP contribution in [0.5, 0.6) is 0 Å². The number of carbonyl (C=O) groups is 1. The van der Waals surface area contributed by atoms with Crippen LogP contribution in [0.3, 0.4) is 0 Å². The van der Waals surface area contributed by atoms with E-state index in [1.54, 1.807) is 16.2 Å². The number of thiophene rings is 1. The van der Waals surface area contributed by atoms with Gasteiger partial charge in [-0.15, -0.1) is 11.3 Å². The van der Waals surface area contributed by atoms with Crippen molar-refractivity contribution in [2.75, 3.05) is 12.0 Å². The highest BCUT2D eigenvalue weighted by Gasteiger charge is 2.34. The largest absolute Gasteiger partial charge is 0.452 e. The zero-order chi connectivity index (χ0) is 13.2. The summed E-state index contributed by atoms with van der Waals surface area (Å²) < 4.78 is 4.93. The Balaban J connectivity index is 1.91. The lowest BCUT2D eigenvalue weighted by Crippen LogP contribution is -2.38. The van der Waals surface area contributed by atoms with Crippen molar-refractivity contribution in [1.29, 1.82) is 0 Å². The van der Waals surface area contributed by atoms with Gasteiger partial charge >= 0.3 is 6.09 Å². The van der Waals surface area contributed by atoms with Crippen LogP contribution in [-0.2, 0) is 17.6 Å². The average Bonchev–Trinajstić information content (AvgIpc) is 3.05. The van der Waals surface area contributed by atoms with Gasteiger partial charge in [0.2, 0.25) is 0 Å². The fourth-order valence-electron chi connectivity index (χ4n) is 2.63. The predicted molar refractivity (Wildman–Crippen MR) is 76.8 cm³/mol. The van der Waals surface area contributed by atoms with Crippen LogP contribution in [0.1, 0.15) is 10.4 Å². The van der Waals surface area contributed by atoms with E-state index in [9.17, 15) is 4.79 Å². The summed E-state index contributed by atoms with van der Waals surface area (Å²) in [5.41, 5.74) is 2.20. The number of hydrogen-bond donors (Lipinski definition) is 0. The molecule has 1 amide bonds. The minimum absolute atomic E-state index is 0.156. The molecule has 3 rings (SSSR count). The molecular formula is C15H15NO2S. The lowest BCUT2D eigenvalue weighted by molar-refractivity contribution is 0.176. The van der Waals surface area contributed by atoms with E-state index in [1.165, 1.54) is 17.6 Å². The number of methoxy groups -OCH3 is 1. The molecule has 0 fully saturated rings. The molecule has 1 aromatic carbocycles. The Labute approximate surface area is 116 Å². The van der Waals surface area contributed by atoms with E-state index in [-0.39, 0.29) is 12.1 Å². The molecule has 0 unspecified atom stereocenters. The molecule has 1 aliphatic heterocycles. The maximum atomic E-state index is 12.0. The van der Waals surface area contributed by atoms with Crippen LogP contribution in [0.2, 0.25) is 0 Å². The van der Waals surface area contributed by atoms with E-state index in [1.807, 2.05) is 24.3 Å². The summed E-state index contributed by atoms with van der Waals surface area (Å²) in [7, 11) is 1.44. The van der Waals surface area contributed by atoms with Gasteiger partial charge in [0.15, 0.2) is 0 Å². The van der Waals surface area contributed by atoms with Crippen molar-refractivity contribution in [3.8, 4) is 0 Å². The van der Waals surface area contributed by atoms with Crippen LogP contribution in [0.15, 0.2) is 41.8 Å². The Morgan fingerprint density at radius 3 is 2.95 bits per heavy atom. The second-order valence-corrected chi connectivity index (χ2v) is 5.64. The zero-order valence-electron chi connectivity index (χ0n) is 10.7. The lowest BCUT2D eigenvalue weighted by Gasteiger charge is -2.23. The first-order chi connectivity index (χ1) is 9.29. The van der Waals surface area contributed by atoms with E-state index in [0.717, 1.165) is 18.5 Å². The summed E-state index contributed by atoms with van der Waals surface area (Å²) in [6.45, 7) is 0. The second-order valence-electron chi connectivity index (χ2n) is 4.61. The Hall–Kier alpha value is -1.81. The SMILES string of the molecule is COC(=O)N1c2ccccc2C[C@H]1Cc1cccs1. The molecule has 0 spiro atoms. The molecule has 0 bridgehead atoms. The van der Waals surface area contributed by atoms with E-state index >= 15 is 0 Å². The molecule has 1 aliphatic rings. The van der Waals surface area contributed by atoms with Crippen molar-refractivity contribution in [2.45, 2.75) is 18.9 Å². The smallest absolute Gasteiger partial charge is 0.414 e. The molecule has 19 heavy (non-hydrogen) atoms. The molecule has 0 saturated carbocycles. The van der Waals surface area contributed by atoms with E-state index in [4.69, 9.17) is 4.74 Å². The number of para-hydroxylation sites is 1. The maximum Gasteiger partial charge on any atom is 0.414 e. The standard InChI is InChI=1S/C15H15NO2S/c1-18-15(17)16-12(10-13-6-4-8-19-13)9-11-5-2-3-7-14(11)16/h2-8,12H,9-10H2,1H3/t12-/m0/s1. The molecule has 0 N–H and O–H groups in total. The minimum Gasteiger partial charge on any atom is -0.452 e. The van der Waals surface area contributed by atoms with Crippen molar-refractivity contribution in [3.63, 3.8) is 0 Å². The monoisotopic (exact) mass is 273 g/mol. The summed E-state index contributed by atoms with van der Waals surface area (Å²) in [6.07, 6.45) is 1.50. The summed E-state index contributed by atoms with van der Waals surface area (Å²) in [5, 5.41) is 2.07. The highest BCUT2D eigenvalue weighted by Crippen LogP contribution is 2.34. The highest BCUT2D eigenvalue weighted by atomic mass is 32.1. The molecule has 3 nitrogen and oxygen atoms in total. The van der Waals surface area contributed by atoms with Gasteiger partial charge in [0.1, 0.15) is 0 Å². The molecule has 2 heterocycles. The number of hydrogen-bond acceptors (Lipinski definition) is 3. The average molecular weight is 273 g/mol. The van der Waals surface area contributed by atoms with Crippen LogP contribution >= 0.6 is 11.3 Å². The first-order valence-corrected chi connectivity index (χ1v) is 7.15. The van der Waals surface area contributed by atoms with Crippen LogP contribution < -0.4 is 4.90 Å². The molecule has 0 saturated heterocycles. The summed E-state index contributed by atoms with van der Waals surface area (Å²) in [4.78, 5) is 15.1. The van der Waals surface area contributed by atoms with E-state index < -0.39 is 0 Å².